The molecule has 128 valence electrons. The van der Waals surface area contributed by atoms with Crippen LogP contribution < -0.4 is 5.32 Å². The summed E-state index contributed by atoms with van der Waals surface area (Å²) in [6.07, 6.45) is 2.24. The normalized spacial score (nSPS) is 17.2. The van der Waals surface area contributed by atoms with Crippen LogP contribution in [0.3, 0.4) is 0 Å². The maximum atomic E-state index is 11.9. The molecule has 6 nitrogen and oxygen atoms in total. The number of carbonyl (C=O) groups excluding carboxylic acids is 1. The number of nitrogens with one attached hydrogen (secondary N) is 1. The summed E-state index contributed by atoms with van der Waals surface area (Å²) in [4.78, 5) is 11.9. The fourth-order valence-corrected chi connectivity index (χ4v) is 3.37. The topological polar surface area (TPSA) is 69.0 Å². The second kappa shape index (κ2) is 8.00. The molecule has 1 saturated heterocycles. The van der Waals surface area contributed by atoms with E-state index in [-0.39, 0.29) is 12.0 Å². The standard InChI is InChI=1S/C16H19ClN4O2S/c1-21-15(11-4-6-12(17)7-5-11)19-20-16(21)24-10-14(22)18-9-13-3-2-8-23-13/h4-7,13H,2-3,8-10H2,1H3,(H,18,22). The zero-order valence-electron chi connectivity index (χ0n) is 13.4. The molecule has 1 amide bonds. The lowest BCUT2D eigenvalue weighted by Crippen LogP contribution is -2.32. The minimum Gasteiger partial charge on any atom is -0.376 e. The number of ether oxygens (including phenoxy) is 1. The van der Waals surface area contributed by atoms with E-state index in [0.717, 1.165) is 30.8 Å². The minimum absolute atomic E-state index is 0.0217. The predicted molar refractivity (Wildman–Crippen MR) is 94.2 cm³/mol. The van der Waals surface area contributed by atoms with Gasteiger partial charge in [-0.25, -0.2) is 0 Å². The number of benzene rings is 1. The third-order valence-electron chi connectivity index (χ3n) is 3.82. The Morgan fingerprint density at radius 1 is 1.42 bits per heavy atom. The number of nitrogens with zero attached hydrogens (tertiary/aromatic N) is 3. The highest BCUT2D eigenvalue weighted by atomic mass is 35.5. The minimum atomic E-state index is -0.0217. The number of carbonyl (C=O) groups is 1. The van der Waals surface area contributed by atoms with Gasteiger partial charge in [-0.2, -0.15) is 0 Å². The molecule has 1 atom stereocenters. The van der Waals surface area contributed by atoms with Gasteiger partial charge in [0.25, 0.3) is 0 Å². The van der Waals surface area contributed by atoms with E-state index >= 15 is 0 Å². The largest absolute Gasteiger partial charge is 0.376 e. The third-order valence-corrected chi connectivity index (χ3v) is 5.09. The summed E-state index contributed by atoms with van der Waals surface area (Å²) in [5.74, 6) is 1.03. The Morgan fingerprint density at radius 3 is 2.92 bits per heavy atom. The van der Waals surface area contributed by atoms with Crippen molar-refractivity contribution in [2.75, 3.05) is 18.9 Å². The monoisotopic (exact) mass is 366 g/mol. The maximum Gasteiger partial charge on any atom is 0.230 e. The van der Waals surface area contributed by atoms with Gasteiger partial charge in [0.1, 0.15) is 0 Å². The van der Waals surface area contributed by atoms with Crippen molar-refractivity contribution < 1.29 is 9.53 Å². The molecule has 0 radical (unpaired) electrons. The second-order valence-electron chi connectivity index (χ2n) is 5.60. The molecule has 24 heavy (non-hydrogen) atoms. The van der Waals surface area contributed by atoms with Crippen molar-refractivity contribution in [1.82, 2.24) is 20.1 Å². The maximum absolute atomic E-state index is 11.9. The molecule has 2 aromatic rings. The van der Waals surface area contributed by atoms with E-state index in [1.165, 1.54) is 11.8 Å². The van der Waals surface area contributed by atoms with Gasteiger partial charge in [0, 0.05) is 30.8 Å². The molecular weight excluding hydrogens is 348 g/mol. The molecule has 0 saturated carbocycles. The number of halogens is 1. The third kappa shape index (κ3) is 4.28. The Kier molecular flexibility index (Phi) is 5.76. The zero-order valence-corrected chi connectivity index (χ0v) is 14.9. The van der Waals surface area contributed by atoms with Gasteiger partial charge in [-0.15, -0.1) is 10.2 Å². The first-order valence-corrected chi connectivity index (χ1v) is 9.16. The van der Waals surface area contributed by atoms with E-state index in [2.05, 4.69) is 15.5 Å². The number of amides is 1. The van der Waals surface area contributed by atoms with E-state index in [0.29, 0.717) is 22.5 Å². The van der Waals surface area contributed by atoms with Gasteiger partial charge in [-0.05, 0) is 37.1 Å². The van der Waals surface area contributed by atoms with Crippen LogP contribution in [0.1, 0.15) is 12.8 Å². The summed E-state index contributed by atoms with van der Waals surface area (Å²) in [7, 11) is 1.89. The molecule has 8 heteroatoms. The first kappa shape index (κ1) is 17.3. The molecular formula is C16H19ClN4O2S. The summed E-state index contributed by atoms with van der Waals surface area (Å²) in [5, 5.41) is 12.6. The van der Waals surface area contributed by atoms with E-state index in [1.54, 1.807) is 0 Å². The molecule has 0 bridgehead atoms. The fourth-order valence-electron chi connectivity index (χ4n) is 2.51. The quantitative estimate of drug-likeness (QED) is 0.795. The molecule has 1 unspecified atom stereocenters. The zero-order chi connectivity index (χ0) is 16.9. The number of rotatable bonds is 6. The Labute approximate surface area is 149 Å². The van der Waals surface area contributed by atoms with Crippen LogP contribution in [0.15, 0.2) is 29.4 Å². The molecule has 1 fully saturated rings. The van der Waals surface area contributed by atoms with Crippen molar-refractivity contribution in [2.24, 2.45) is 7.05 Å². The van der Waals surface area contributed by atoms with Gasteiger partial charge in [-0.3, -0.25) is 4.79 Å². The van der Waals surface area contributed by atoms with Gasteiger partial charge in [0.15, 0.2) is 11.0 Å². The van der Waals surface area contributed by atoms with Crippen molar-refractivity contribution in [3.8, 4) is 11.4 Å². The summed E-state index contributed by atoms with van der Waals surface area (Å²) < 4.78 is 7.36. The average molecular weight is 367 g/mol. The molecule has 1 aliphatic rings. The molecule has 1 aromatic heterocycles. The molecule has 1 aliphatic heterocycles. The molecule has 1 aromatic carbocycles. The summed E-state index contributed by atoms with van der Waals surface area (Å²) in [6, 6.07) is 7.43. The highest BCUT2D eigenvalue weighted by molar-refractivity contribution is 7.99. The SMILES string of the molecule is Cn1c(SCC(=O)NCC2CCCO2)nnc1-c1ccc(Cl)cc1. The van der Waals surface area contributed by atoms with Crippen LogP contribution in [0.4, 0.5) is 0 Å². The lowest BCUT2D eigenvalue weighted by Gasteiger charge is -2.10. The Bertz CT molecular complexity index is 699. The van der Waals surface area contributed by atoms with Gasteiger partial charge >= 0.3 is 0 Å². The number of thioether (sulfide) groups is 1. The lowest BCUT2D eigenvalue weighted by molar-refractivity contribution is -0.119. The Morgan fingerprint density at radius 2 is 2.21 bits per heavy atom. The summed E-state index contributed by atoms with van der Waals surface area (Å²) in [5.41, 5.74) is 0.934. The van der Waals surface area contributed by atoms with Crippen LogP contribution in [-0.2, 0) is 16.6 Å². The molecule has 0 aliphatic carbocycles. The van der Waals surface area contributed by atoms with Gasteiger partial charge < -0.3 is 14.6 Å². The van der Waals surface area contributed by atoms with Gasteiger partial charge in [-0.1, -0.05) is 23.4 Å². The van der Waals surface area contributed by atoms with Crippen molar-refractivity contribution >= 4 is 29.3 Å². The Hall–Kier alpha value is -1.57. The number of hydrogen-bond donors (Lipinski definition) is 1. The van der Waals surface area contributed by atoms with E-state index in [1.807, 2.05) is 35.9 Å². The van der Waals surface area contributed by atoms with Crippen LogP contribution >= 0.6 is 23.4 Å². The molecule has 3 rings (SSSR count). The number of aromatic nitrogens is 3. The van der Waals surface area contributed by atoms with Crippen molar-refractivity contribution in [1.29, 1.82) is 0 Å². The second-order valence-corrected chi connectivity index (χ2v) is 6.98. The van der Waals surface area contributed by atoms with Crippen LogP contribution in [0.2, 0.25) is 5.02 Å². The van der Waals surface area contributed by atoms with Crippen LogP contribution in [0, 0.1) is 0 Å². The van der Waals surface area contributed by atoms with Crippen LogP contribution in [0.5, 0.6) is 0 Å². The van der Waals surface area contributed by atoms with Crippen molar-refractivity contribution in [2.45, 2.75) is 24.1 Å². The summed E-state index contributed by atoms with van der Waals surface area (Å²) >= 11 is 7.27. The Balaban J connectivity index is 1.54. The smallest absolute Gasteiger partial charge is 0.230 e. The van der Waals surface area contributed by atoms with E-state index < -0.39 is 0 Å². The summed E-state index contributed by atoms with van der Waals surface area (Å²) in [6.45, 7) is 1.37. The van der Waals surface area contributed by atoms with Crippen molar-refractivity contribution in [3.05, 3.63) is 29.3 Å². The lowest BCUT2D eigenvalue weighted by atomic mass is 10.2. The molecule has 1 N–H and O–H groups in total. The highest BCUT2D eigenvalue weighted by Crippen LogP contribution is 2.23. The van der Waals surface area contributed by atoms with Crippen LogP contribution in [-0.4, -0.2) is 45.7 Å². The first-order chi connectivity index (χ1) is 11.6. The fraction of sp³-hybridized carbons (Fsp3) is 0.438. The van der Waals surface area contributed by atoms with Crippen LogP contribution in [0.25, 0.3) is 11.4 Å². The highest BCUT2D eigenvalue weighted by Gasteiger charge is 2.17. The van der Waals surface area contributed by atoms with Crippen molar-refractivity contribution in [3.63, 3.8) is 0 Å². The average Bonchev–Trinajstić information content (AvgIpc) is 3.22. The predicted octanol–water partition coefficient (Wildman–Crippen LogP) is 2.52. The first-order valence-electron chi connectivity index (χ1n) is 7.80. The van der Waals surface area contributed by atoms with E-state index in [4.69, 9.17) is 16.3 Å². The molecule has 2 heterocycles. The van der Waals surface area contributed by atoms with Gasteiger partial charge in [0.05, 0.1) is 11.9 Å². The van der Waals surface area contributed by atoms with E-state index in [9.17, 15) is 4.79 Å². The molecule has 0 spiro atoms. The number of hydrogen-bond acceptors (Lipinski definition) is 5. The van der Waals surface area contributed by atoms with Gasteiger partial charge in [0.2, 0.25) is 5.91 Å².